The van der Waals surface area contributed by atoms with Crippen LogP contribution in [0.5, 0.6) is 0 Å². The number of fused-ring (bicyclic) bond motifs is 3. The molecule has 0 unspecified atom stereocenters. The van der Waals surface area contributed by atoms with Crippen LogP contribution in [0.2, 0.25) is 0 Å². The molecule has 1 heterocycles. The predicted molar refractivity (Wildman–Crippen MR) is 237 cm³/mol. The molecule has 2 heteroatoms. The minimum Gasteiger partial charge on any atom is -0.311 e. The highest BCUT2D eigenvalue weighted by Gasteiger charge is 2.15. The van der Waals surface area contributed by atoms with Crippen molar-refractivity contribution in [1.29, 1.82) is 0 Å². The van der Waals surface area contributed by atoms with Crippen molar-refractivity contribution in [1.82, 2.24) is 4.57 Å². The zero-order valence-electron chi connectivity index (χ0n) is 30.8. The van der Waals surface area contributed by atoms with Crippen LogP contribution >= 0.6 is 0 Å². The SMILES string of the molecule is c1ccc(-c2ccc(N(c3ccc(-c4ccccc4)cc3)c3ccc(-c4ccc(-c5ccc6c(c5)c5ccccc5n6-c5ccccc5)cc4)cc3)cc2)cc1. The molecular weight excluding hydrogens is 677 g/mol. The van der Waals surface area contributed by atoms with Crippen molar-refractivity contribution < 1.29 is 0 Å². The molecule has 0 fully saturated rings. The summed E-state index contributed by atoms with van der Waals surface area (Å²) >= 11 is 0. The zero-order valence-corrected chi connectivity index (χ0v) is 30.8. The molecule has 0 saturated carbocycles. The topological polar surface area (TPSA) is 8.17 Å². The van der Waals surface area contributed by atoms with Crippen LogP contribution in [-0.4, -0.2) is 4.57 Å². The van der Waals surface area contributed by atoms with Gasteiger partial charge in [0.25, 0.3) is 0 Å². The average Bonchev–Trinajstić information content (AvgIpc) is 3.62. The molecule has 0 N–H and O–H groups in total. The molecule has 264 valence electrons. The van der Waals surface area contributed by atoms with Crippen LogP contribution in [0, 0.1) is 0 Å². The molecule has 1 aromatic heterocycles. The first-order valence-electron chi connectivity index (χ1n) is 19.2. The van der Waals surface area contributed by atoms with Gasteiger partial charge in [0.05, 0.1) is 11.0 Å². The fourth-order valence-corrected chi connectivity index (χ4v) is 7.98. The van der Waals surface area contributed by atoms with Gasteiger partial charge in [0.15, 0.2) is 0 Å². The molecule has 0 radical (unpaired) electrons. The molecule has 0 aliphatic rings. The molecule has 0 spiro atoms. The highest BCUT2D eigenvalue weighted by Crippen LogP contribution is 2.39. The fraction of sp³-hybridized carbons (Fsp3) is 0. The van der Waals surface area contributed by atoms with Gasteiger partial charge >= 0.3 is 0 Å². The van der Waals surface area contributed by atoms with Gasteiger partial charge in [-0.25, -0.2) is 0 Å². The Bertz CT molecular complexity index is 2810. The standard InChI is InChI=1S/C54H38N2/c1-4-12-39(13-5-1)42-24-31-48(32-25-42)55(49-33-26-43(27-34-49)40-14-6-2-7-15-40)50-35-28-44(29-36-50)41-20-22-45(23-21-41)46-30-37-54-52(38-46)51-18-10-11-19-53(51)56(54)47-16-8-3-9-17-47/h1-38H. The third-order valence-electron chi connectivity index (χ3n) is 10.8. The smallest absolute Gasteiger partial charge is 0.0541 e. The van der Waals surface area contributed by atoms with E-state index >= 15 is 0 Å². The van der Waals surface area contributed by atoms with Gasteiger partial charge in [-0.05, 0) is 111 Å². The van der Waals surface area contributed by atoms with E-state index < -0.39 is 0 Å². The maximum Gasteiger partial charge on any atom is 0.0541 e. The second kappa shape index (κ2) is 14.4. The number of rotatable bonds is 8. The maximum absolute atomic E-state index is 2.36. The molecule has 0 aliphatic carbocycles. The number of nitrogens with zero attached hydrogens (tertiary/aromatic N) is 2. The molecule has 9 aromatic carbocycles. The highest BCUT2D eigenvalue weighted by molar-refractivity contribution is 6.10. The van der Waals surface area contributed by atoms with Crippen LogP contribution in [0.4, 0.5) is 17.1 Å². The molecule has 0 bridgehead atoms. The number of benzene rings is 9. The summed E-state index contributed by atoms with van der Waals surface area (Å²) in [5.41, 5.74) is 16.5. The maximum atomic E-state index is 2.36. The fourth-order valence-electron chi connectivity index (χ4n) is 7.98. The second-order valence-corrected chi connectivity index (χ2v) is 14.2. The van der Waals surface area contributed by atoms with Crippen LogP contribution < -0.4 is 4.90 Å². The molecule has 10 aromatic rings. The summed E-state index contributed by atoms with van der Waals surface area (Å²) in [5, 5.41) is 2.52. The molecule has 0 aliphatic heterocycles. The summed E-state index contributed by atoms with van der Waals surface area (Å²) < 4.78 is 2.36. The lowest BCUT2D eigenvalue weighted by Crippen LogP contribution is -2.09. The Morgan fingerprint density at radius 1 is 0.250 bits per heavy atom. The van der Waals surface area contributed by atoms with Gasteiger partial charge in [0, 0.05) is 33.5 Å². The van der Waals surface area contributed by atoms with Crippen LogP contribution in [0.3, 0.4) is 0 Å². The van der Waals surface area contributed by atoms with Crippen molar-refractivity contribution in [3.63, 3.8) is 0 Å². The number of hydrogen-bond acceptors (Lipinski definition) is 1. The van der Waals surface area contributed by atoms with E-state index in [4.69, 9.17) is 0 Å². The van der Waals surface area contributed by atoms with Crippen molar-refractivity contribution in [3.8, 4) is 50.2 Å². The number of aromatic nitrogens is 1. The molecule has 2 nitrogen and oxygen atoms in total. The first kappa shape index (κ1) is 33.2. The second-order valence-electron chi connectivity index (χ2n) is 14.2. The van der Waals surface area contributed by atoms with Gasteiger partial charge in [-0.1, -0.05) is 164 Å². The third-order valence-corrected chi connectivity index (χ3v) is 10.8. The Morgan fingerprint density at radius 2 is 0.589 bits per heavy atom. The van der Waals surface area contributed by atoms with Gasteiger partial charge in [0.2, 0.25) is 0 Å². The predicted octanol–water partition coefficient (Wildman–Crippen LogP) is 14.9. The van der Waals surface area contributed by atoms with Crippen molar-refractivity contribution in [2.24, 2.45) is 0 Å². The minimum atomic E-state index is 1.10. The van der Waals surface area contributed by atoms with Gasteiger partial charge in [-0.2, -0.15) is 0 Å². The van der Waals surface area contributed by atoms with E-state index in [1.807, 2.05) is 0 Å². The molecular formula is C54H38N2. The molecule has 0 saturated heterocycles. The van der Waals surface area contributed by atoms with Crippen LogP contribution in [0.25, 0.3) is 72.0 Å². The van der Waals surface area contributed by atoms with Crippen LogP contribution in [0.1, 0.15) is 0 Å². The van der Waals surface area contributed by atoms with E-state index in [-0.39, 0.29) is 0 Å². The van der Waals surface area contributed by atoms with Crippen molar-refractivity contribution in [2.75, 3.05) is 4.90 Å². The lowest BCUT2D eigenvalue weighted by molar-refractivity contribution is 1.18. The number of anilines is 3. The molecule has 10 rings (SSSR count). The van der Waals surface area contributed by atoms with Crippen molar-refractivity contribution in [2.45, 2.75) is 0 Å². The van der Waals surface area contributed by atoms with E-state index in [1.165, 1.54) is 72.0 Å². The van der Waals surface area contributed by atoms with Gasteiger partial charge < -0.3 is 9.47 Å². The minimum absolute atomic E-state index is 1.10. The average molecular weight is 715 g/mol. The molecule has 0 amide bonds. The summed E-state index contributed by atoms with van der Waals surface area (Å²) in [6.07, 6.45) is 0. The van der Waals surface area contributed by atoms with E-state index in [1.54, 1.807) is 0 Å². The van der Waals surface area contributed by atoms with Crippen LogP contribution in [-0.2, 0) is 0 Å². The summed E-state index contributed by atoms with van der Waals surface area (Å²) in [5.74, 6) is 0. The summed E-state index contributed by atoms with van der Waals surface area (Å²) in [7, 11) is 0. The van der Waals surface area contributed by atoms with E-state index in [9.17, 15) is 0 Å². The lowest BCUT2D eigenvalue weighted by Gasteiger charge is -2.26. The van der Waals surface area contributed by atoms with Crippen molar-refractivity contribution in [3.05, 3.63) is 231 Å². The van der Waals surface area contributed by atoms with Gasteiger partial charge in [-0.15, -0.1) is 0 Å². The van der Waals surface area contributed by atoms with Crippen molar-refractivity contribution >= 4 is 38.9 Å². The Hall–Kier alpha value is -7.42. The summed E-state index contributed by atoms with van der Waals surface area (Å²) in [4.78, 5) is 2.33. The Morgan fingerprint density at radius 3 is 1.07 bits per heavy atom. The van der Waals surface area contributed by atoms with Gasteiger partial charge in [-0.3, -0.25) is 0 Å². The largest absolute Gasteiger partial charge is 0.311 e. The van der Waals surface area contributed by atoms with Crippen LogP contribution in [0.15, 0.2) is 231 Å². The summed E-state index contributed by atoms with van der Waals surface area (Å²) in [6, 6.07) is 82.9. The molecule has 56 heavy (non-hydrogen) atoms. The number of para-hydroxylation sites is 2. The van der Waals surface area contributed by atoms with E-state index in [0.717, 1.165) is 17.1 Å². The first-order valence-corrected chi connectivity index (χ1v) is 19.2. The number of hydrogen-bond donors (Lipinski definition) is 0. The monoisotopic (exact) mass is 714 g/mol. The first-order chi connectivity index (χ1) is 27.8. The van der Waals surface area contributed by atoms with Gasteiger partial charge in [0.1, 0.15) is 0 Å². The van der Waals surface area contributed by atoms with E-state index in [0.29, 0.717) is 0 Å². The Labute approximate surface area is 327 Å². The zero-order chi connectivity index (χ0) is 37.3. The quantitative estimate of drug-likeness (QED) is 0.152. The lowest BCUT2D eigenvalue weighted by atomic mass is 9.98. The molecule has 0 atom stereocenters. The normalized spacial score (nSPS) is 11.2. The third kappa shape index (κ3) is 6.24. The Balaban J connectivity index is 0.959. The Kier molecular flexibility index (Phi) is 8.55. The van der Waals surface area contributed by atoms with E-state index in [2.05, 4.69) is 240 Å². The summed E-state index contributed by atoms with van der Waals surface area (Å²) in [6.45, 7) is 0. The highest BCUT2D eigenvalue weighted by atomic mass is 15.1.